The first-order valence-corrected chi connectivity index (χ1v) is 7.27. The summed E-state index contributed by atoms with van der Waals surface area (Å²) in [5.41, 5.74) is 2.02. The van der Waals surface area contributed by atoms with Gasteiger partial charge >= 0.3 is 0 Å². The van der Waals surface area contributed by atoms with Gasteiger partial charge < -0.3 is 20.1 Å². The Morgan fingerprint density at radius 2 is 2.24 bits per heavy atom. The van der Waals surface area contributed by atoms with Gasteiger partial charge in [-0.2, -0.15) is 0 Å². The molecule has 0 aromatic heterocycles. The molecule has 2 rings (SSSR count). The van der Waals surface area contributed by atoms with E-state index in [-0.39, 0.29) is 11.8 Å². The van der Waals surface area contributed by atoms with Gasteiger partial charge in [-0.25, -0.2) is 0 Å². The van der Waals surface area contributed by atoms with Gasteiger partial charge in [-0.1, -0.05) is 18.2 Å². The summed E-state index contributed by atoms with van der Waals surface area (Å²) in [6.45, 7) is 3.84. The molecule has 1 amide bonds. The Bertz CT molecular complexity index is 504. The first-order valence-electron chi connectivity index (χ1n) is 7.27. The number of nitrogens with one attached hydrogen (secondary N) is 1. The molecule has 21 heavy (non-hydrogen) atoms. The highest BCUT2D eigenvalue weighted by molar-refractivity contribution is 5.76. The second-order valence-electron chi connectivity index (χ2n) is 5.80. The fraction of sp³-hybridized carbons (Fsp3) is 0.562. The molecule has 0 unspecified atom stereocenters. The number of ether oxygens (including phenoxy) is 1. The fourth-order valence-corrected chi connectivity index (χ4v) is 2.91. The normalized spacial score (nSPS) is 22.3. The van der Waals surface area contributed by atoms with Crippen molar-refractivity contribution in [2.45, 2.75) is 26.0 Å². The van der Waals surface area contributed by atoms with Gasteiger partial charge in [-0.05, 0) is 19.5 Å². The van der Waals surface area contributed by atoms with Gasteiger partial charge in [0, 0.05) is 37.5 Å². The zero-order chi connectivity index (χ0) is 15.4. The van der Waals surface area contributed by atoms with E-state index in [1.54, 1.807) is 7.11 Å². The summed E-state index contributed by atoms with van der Waals surface area (Å²) in [6, 6.07) is 5.88. The topological polar surface area (TPSA) is 61.8 Å². The molecule has 0 spiro atoms. The number of hydrogen-bond acceptors (Lipinski definition) is 4. The molecular weight excluding hydrogens is 268 g/mol. The second kappa shape index (κ2) is 6.91. The Labute approximate surface area is 125 Å². The van der Waals surface area contributed by atoms with E-state index in [2.05, 4.69) is 5.32 Å². The van der Waals surface area contributed by atoms with Crippen molar-refractivity contribution in [3.8, 4) is 5.75 Å². The number of methoxy groups -OCH3 is 1. The van der Waals surface area contributed by atoms with Crippen LogP contribution in [-0.4, -0.2) is 49.3 Å². The van der Waals surface area contributed by atoms with E-state index in [9.17, 15) is 9.90 Å². The van der Waals surface area contributed by atoms with Crippen LogP contribution >= 0.6 is 0 Å². The maximum absolute atomic E-state index is 12.0. The van der Waals surface area contributed by atoms with Gasteiger partial charge in [-0.15, -0.1) is 0 Å². The molecule has 1 aromatic rings. The minimum atomic E-state index is -0.408. The van der Waals surface area contributed by atoms with Crippen LogP contribution in [0.4, 0.5) is 0 Å². The summed E-state index contributed by atoms with van der Waals surface area (Å²) in [6.07, 6.45) is -0.0473. The zero-order valence-corrected chi connectivity index (χ0v) is 12.9. The van der Waals surface area contributed by atoms with Crippen molar-refractivity contribution in [2.24, 2.45) is 5.92 Å². The molecule has 0 saturated carbocycles. The minimum Gasteiger partial charge on any atom is -0.496 e. The molecule has 0 radical (unpaired) electrons. The van der Waals surface area contributed by atoms with Gasteiger partial charge in [0.2, 0.25) is 5.91 Å². The van der Waals surface area contributed by atoms with Gasteiger partial charge in [0.25, 0.3) is 0 Å². The standard InChI is InChI=1S/C16H24N2O3/c1-11-5-4-6-12(16(11)21-3)8-17-15(20)7-13-9-18(2)10-14(13)19/h4-6,13-14,19H,7-10H2,1-3H3,(H,17,20)/t13-,14-/m1/s1. The number of para-hydroxylation sites is 1. The van der Waals surface area contributed by atoms with Crippen molar-refractivity contribution in [1.29, 1.82) is 0 Å². The lowest BCUT2D eigenvalue weighted by atomic mass is 10.0. The number of β-amino-alcohol motifs (C(OH)–C–C–N with tert-alkyl or cyclic N) is 1. The molecule has 2 atom stereocenters. The van der Waals surface area contributed by atoms with Crippen LogP contribution in [-0.2, 0) is 11.3 Å². The maximum Gasteiger partial charge on any atom is 0.220 e. The zero-order valence-electron chi connectivity index (χ0n) is 12.9. The number of carbonyl (C=O) groups excluding carboxylic acids is 1. The Kier molecular flexibility index (Phi) is 5.20. The van der Waals surface area contributed by atoms with Gasteiger partial charge in [0.15, 0.2) is 0 Å². The summed E-state index contributed by atoms with van der Waals surface area (Å²) < 4.78 is 5.37. The third-order valence-electron chi connectivity index (χ3n) is 4.01. The second-order valence-corrected chi connectivity index (χ2v) is 5.80. The number of carbonyl (C=O) groups is 1. The Morgan fingerprint density at radius 1 is 1.48 bits per heavy atom. The highest BCUT2D eigenvalue weighted by atomic mass is 16.5. The van der Waals surface area contributed by atoms with Crippen molar-refractivity contribution >= 4 is 5.91 Å². The number of aliphatic hydroxyl groups is 1. The smallest absolute Gasteiger partial charge is 0.220 e. The van der Waals surface area contributed by atoms with Crippen LogP contribution in [0.2, 0.25) is 0 Å². The predicted octanol–water partition coefficient (Wildman–Crippen LogP) is 0.932. The maximum atomic E-state index is 12.0. The third kappa shape index (κ3) is 3.95. The van der Waals surface area contributed by atoms with E-state index in [0.29, 0.717) is 19.5 Å². The molecule has 5 heteroatoms. The fourth-order valence-electron chi connectivity index (χ4n) is 2.91. The molecule has 5 nitrogen and oxygen atoms in total. The van der Waals surface area contributed by atoms with E-state index in [0.717, 1.165) is 23.4 Å². The SMILES string of the molecule is COc1c(C)cccc1CNC(=O)C[C@@H]1CN(C)C[C@H]1O. The Balaban J connectivity index is 1.88. The summed E-state index contributed by atoms with van der Waals surface area (Å²) in [5, 5.41) is 12.8. The molecule has 1 aliphatic heterocycles. The predicted molar refractivity (Wildman–Crippen MR) is 81.2 cm³/mol. The highest BCUT2D eigenvalue weighted by Crippen LogP contribution is 2.23. The van der Waals surface area contributed by atoms with Gasteiger partial charge in [-0.3, -0.25) is 4.79 Å². The van der Waals surface area contributed by atoms with Crippen LogP contribution in [0.15, 0.2) is 18.2 Å². The average molecular weight is 292 g/mol. The lowest BCUT2D eigenvalue weighted by Crippen LogP contribution is -2.29. The van der Waals surface area contributed by atoms with Gasteiger partial charge in [0.05, 0.1) is 13.2 Å². The van der Waals surface area contributed by atoms with Crippen molar-refractivity contribution < 1.29 is 14.6 Å². The van der Waals surface area contributed by atoms with Crippen molar-refractivity contribution in [3.05, 3.63) is 29.3 Å². The molecule has 1 saturated heterocycles. The molecule has 1 aliphatic rings. The van der Waals surface area contributed by atoms with Crippen LogP contribution in [0.25, 0.3) is 0 Å². The number of likely N-dealkylation sites (tertiary alicyclic amines) is 1. The number of amides is 1. The molecule has 1 fully saturated rings. The number of aliphatic hydroxyl groups excluding tert-OH is 1. The minimum absolute atomic E-state index is 0.0226. The number of benzene rings is 1. The van der Waals surface area contributed by atoms with Crippen LogP contribution in [0.1, 0.15) is 17.5 Å². The molecule has 1 aromatic carbocycles. The van der Waals surface area contributed by atoms with Crippen LogP contribution < -0.4 is 10.1 Å². The summed E-state index contributed by atoms with van der Waals surface area (Å²) in [5.74, 6) is 0.811. The molecule has 0 bridgehead atoms. The van der Waals surface area contributed by atoms with Crippen molar-refractivity contribution in [2.75, 3.05) is 27.2 Å². The first-order chi connectivity index (χ1) is 10.0. The summed E-state index contributed by atoms with van der Waals surface area (Å²) in [4.78, 5) is 14.1. The third-order valence-corrected chi connectivity index (χ3v) is 4.01. The molecule has 116 valence electrons. The monoisotopic (exact) mass is 292 g/mol. The van der Waals surface area contributed by atoms with Crippen molar-refractivity contribution in [1.82, 2.24) is 10.2 Å². The van der Waals surface area contributed by atoms with E-state index < -0.39 is 6.10 Å². The largest absolute Gasteiger partial charge is 0.496 e. The Morgan fingerprint density at radius 3 is 2.86 bits per heavy atom. The Hall–Kier alpha value is -1.59. The van der Waals surface area contributed by atoms with Crippen LogP contribution in [0, 0.1) is 12.8 Å². The number of aryl methyl sites for hydroxylation is 1. The highest BCUT2D eigenvalue weighted by Gasteiger charge is 2.30. The lowest BCUT2D eigenvalue weighted by molar-refractivity contribution is -0.122. The summed E-state index contributed by atoms with van der Waals surface area (Å²) >= 11 is 0. The number of nitrogens with zero attached hydrogens (tertiary/aromatic N) is 1. The molecule has 1 heterocycles. The molecular formula is C16H24N2O3. The lowest BCUT2D eigenvalue weighted by Gasteiger charge is -2.15. The van der Waals surface area contributed by atoms with E-state index in [4.69, 9.17) is 4.74 Å². The van der Waals surface area contributed by atoms with Crippen LogP contribution in [0.5, 0.6) is 5.75 Å². The first kappa shape index (κ1) is 15.8. The number of likely N-dealkylation sites (N-methyl/N-ethyl adjacent to an activating group) is 1. The van der Waals surface area contributed by atoms with Crippen LogP contribution in [0.3, 0.4) is 0 Å². The van der Waals surface area contributed by atoms with E-state index in [1.807, 2.05) is 37.1 Å². The molecule has 2 N–H and O–H groups in total. The summed E-state index contributed by atoms with van der Waals surface area (Å²) in [7, 11) is 3.59. The van der Waals surface area contributed by atoms with Gasteiger partial charge in [0.1, 0.15) is 5.75 Å². The average Bonchev–Trinajstić information content (AvgIpc) is 2.74. The molecule has 0 aliphatic carbocycles. The van der Waals surface area contributed by atoms with Crippen molar-refractivity contribution in [3.63, 3.8) is 0 Å². The quantitative estimate of drug-likeness (QED) is 0.847. The van der Waals surface area contributed by atoms with E-state index >= 15 is 0 Å². The number of rotatable bonds is 5. The van der Waals surface area contributed by atoms with E-state index in [1.165, 1.54) is 0 Å². The number of hydrogen-bond donors (Lipinski definition) is 2.